The zero-order chi connectivity index (χ0) is 19.5. The Morgan fingerprint density at radius 1 is 0.852 bits per heavy atom. The Morgan fingerprint density at radius 2 is 1.48 bits per heavy atom. The van der Waals surface area contributed by atoms with E-state index in [1.807, 2.05) is 0 Å². The predicted molar refractivity (Wildman–Crippen MR) is 116 cm³/mol. The maximum atomic E-state index is 4.67. The average molecular weight is 370 g/mol. The molecule has 2 atom stereocenters. The summed E-state index contributed by atoms with van der Waals surface area (Å²) < 4.78 is 2.20. The topological polar surface area (TPSA) is 30.7 Å². The highest BCUT2D eigenvalue weighted by Crippen LogP contribution is 2.28. The summed E-state index contributed by atoms with van der Waals surface area (Å²) in [5.41, 5.74) is 3.70. The molecular weight excluding hydrogens is 330 g/mol. The van der Waals surface area contributed by atoms with Crippen LogP contribution in [0.25, 0.3) is 11.3 Å². The molecule has 3 heteroatoms. The van der Waals surface area contributed by atoms with Gasteiger partial charge in [0.1, 0.15) is 0 Å². The van der Waals surface area contributed by atoms with E-state index >= 15 is 0 Å². The molecule has 0 bridgehead atoms. The lowest BCUT2D eigenvalue weighted by Crippen LogP contribution is -2.13. The molecule has 0 radical (unpaired) electrons. The van der Waals surface area contributed by atoms with E-state index in [1.165, 1.54) is 68.3 Å². The normalized spacial score (nSPS) is 13.6. The molecule has 150 valence electrons. The average Bonchev–Trinajstić information content (AvgIpc) is 3.10. The van der Waals surface area contributed by atoms with Crippen molar-refractivity contribution in [3.05, 3.63) is 36.0 Å². The first-order valence-corrected chi connectivity index (χ1v) is 11.2. The summed E-state index contributed by atoms with van der Waals surface area (Å²) in [5, 5.41) is 9.29. The lowest BCUT2D eigenvalue weighted by Gasteiger charge is -2.17. The molecular formula is C24H39N3. The summed E-state index contributed by atoms with van der Waals surface area (Å²) in [6.07, 6.45) is 11.2. The number of hydrogen-bond donors (Lipinski definition) is 0. The van der Waals surface area contributed by atoms with E-state index in [1.54, 1.807) is 0 Å². The lowest BCUT2D eigenvalue weighted by molar-refractivity contribution is 0.370. The fourth-order valence-corrected chi connectivity index (χ4v) is 3.90. The number of benzene rings is 1. The summed E-state index contributed by atoms with van der Waals surface area (Å²) in [6.45, 7) is 10.2. The van der Waals surface area contributed by atoms with E-state index in [4.69, 9.17) is 0 Å². The third kappa shape index (κ3) is 6.48. The van der Waals surface area contributed by atoms with Crippen molar-refractivity contribution in [1.29, 1.82) is 0 Å². The largest absolute Gasteiger partial charge is 0.244 e. The Labute approximate surface area is 166 Å². The van der Waals surface area contributed by atoms with Crippen molar-refractivity contribution in [3.8, 4) is 11.3 Å². The van der Waals surface area contributed by atoms with Gasteiger partial charge in [-0.3, -0.25) is 0 Å². The predicted octanol–water partition coefficient (Wildman–Crippen LogP) is 6.92. The minimum absolute atomic E-state index is 0.684. The van der Waals surface area contributed by atoms with Gasteiger partial charge in [-0.1, -0.05) is 108 Å². The van der Waals surface area contributed by atoms with Gasteiger partial charge in [-0.15, -0.1) is 5.10 Å². The van der Waals surface area contributed by atoms with Crippen molar-refractivity contribution in [3.63, 3.8) is 0 Å². The second kappa shape index (κ2) is 11.9. The van der Waals surface area contributed by atoms with Gasteiger partial charge in [0.15, 0.2) is 0 Å². The van der Waals surface area contributed by atoms with Gasteiger partial charge in [0.25, 0.3) is 0 Å². The molecule has 1 heterocycles. The van der Waals surface area contributed by atoms with Gasteiger partial charge in [0.05, 0.1) is 11.4 Å². The Hall–Kier alpha value is -1.64. The van der Waals surface area contributed by atoms with Crippen molar-refractivity contribution in [1.82, 2.24) is 15.0 Å². The SMILES string of the molecule is CCCCC(CC)Cc1nnn(CC(CC)CCCC)c1-c1ccccc1. The van der Waals surface area contributed by atoms with E-state index in [2.05, 4.69) is 73.0 Å². The minimum Gasteiger partial charge on any atom is -0.244 e. The minimum atomic E-state index is 0.684. The number of hydrogen-bond acceptors (Lipinski definition) is 2. The summed E-state index contributed by atoms with van der Waals surface area (Å²) in [5.74, 6) is 1.39. The van der Waals surface area contributed by atoms with Gasteiger partial charge in [-0.05, 0) is 24.7 Å². The molecule has 0 saturated carbocycles. The van der Waals surface area contributed by atoms with Crippen LogP contribution in [-0.2, 0) is 13.0 Å². The Bertz CT molecular complexity index is 597. The maximum absolute atomic E-state index is 4.67. The molecule has 27 heavy (non-hydrogen) atoms. The zero-order valence-electron chi connectivity index (χ0n) is 18.0. The quantitative estimate of drug-likeness (QED) is 0.383. The molecule has 0 N–H and O–H groups in total. The third-order valence-corrected chi connectivity index (χ3v) is 5.85. The van der Waals surface area contributed by atoms with Crippen LogP contribution in [0.1, 0.15) is 84.8 Å². The van der Waals surface area contributed by atoms with E-state index in [-0.39, 0.29) is 0 Å². The highest BCUT2D eigenvalue weighted by Gasteiger charge is 2.20. The van der Waals surface area contributed by atoms with Crippen LogP contribution < -0.4 is 0 Å². The Morgan fingerprint density at radius 3 is 2.07 bits per heavy atom. The summed E-state index contributed by atoms with van der Waals surface area (Å²) >= 11 is 0. The van der Waals surface area contributed by atoms with Crippen molar-refractivity contribution < 1.29 is 0 Å². The van der Waals surface area contributed by atoms with Crippen LogP contribution in [0, 0.1) is 11.8 Å². The van der Waals surface area contributed by atoms with Gasteiger partial charge < -0.3 is 0 Å². The fourth-order valence-electron chi connectivity index (χ4n) is 3.90. The first-order valence-electron chi connectivity index (χ1n) is 11.2. The van der Waals surface area contributed by atoms with Crippen LogP contribution in [0.3, 0.4) is 0 Å². The van der Waals surface area contributed by atoms with Crippen molar-refractivity contribution in [2.75, 3.05) is 0 Å². The molecule has 0 aliphatic rings. The highest BCUT2D eigenvalue weighted by atomic mass is 15.4. The van der Waals surface area contributed by atoms with Gasteiger partial charge in [0, 0.05) is 12.1 Å². The molecule has 2 rings (SSSR count). The van der Waals surface area contributed by atoms with Crippen molar-refractivity contribution >= 4 is 0 Å². The van der Waals surface area contributed by atoms with Gasteiger partial charge in [-0.2, -0.15) is 0 Å². The van der Waals surface area contributed by atoms with Crippen LogP contribution in [0.4, 0.5) is 0 Å². The van der Waals surface area contributed by atoms with Crippen molar-refractivity contribution in [2.24, 2.45) is 11.8 Å². The number of nitrogens with zero attached hydrogens (tertiary/aromatic N) is 3. The third-order valence-electron chi connectivity index (χ3n) is 5.85. The molecule has 2 aromatic rings. The fraction of sp³-hybridized carbons (Fsp3) is 0.667. The summed E-state index contributed by atoms with van der Waals surface area (Å²) in [6, 6.07) is 10.7. The molecule has 0 saturated heterocycles. The molecule has 0 aliphatic carbocycles. The first kappa shape index (κ1) is 21.7. The molecule has 0 amide bonds. The van der Waals surface area contributed by atoms with E-state index in [0.29, 0.717) is 11.8 Å². The first-order chi connectivity index (χ1) is 13.2. The molecule has 0 fully saturated rings. The second-order valence-electron chi connectivity index (χ2n) is 7.97. The van der Waals surface area contributed by atoms with Gasteiger partial charge >= 0.3 is 0 Å². The zero-order valence-corrected chi connectivity index (χ0v) is 18.0. The Kier molecular flexibility index (Phi) is 9.58. The molecule has 0 spiro atoms. The summed E-state index contributed by atoms with van der Waals surface area (Å²) in [7, 11) is 0. The van der Waals surface area contributed by atoms with Crippen molar-refractivity contribution in [2.45, 2.75) is 92.0 Å². The van der Waals surface area contributed by atoms with Gasteiger partial charge in [0.2, 0.25) is 0 Å². The smallest absolute Gasteiger partial charge is 0.0917 e. The molecule has 3 nitrogen and oxygen atoms in total. The lowest BCUT2D eigenvalue weighted by atomic mass is 9.92. The van der Waals surface area contributed by atoms with E-state index in [0.717, 1.165) is 13.0 Å². The van der Waals surface area contributed by atoms with E-state index < -0.39 is 0 Å². The van der Waals surface area contributed by atoms with Crippen LogP contribution in [0.15, 0.2) is 30.3 Å². The number of rotatable bonds is 13. The Balaban J connectivity index is 2.27. The van der Waals surface area contributed by atoms with Crippen LogP contribution in [-0.4, -0.2) is 15.0 Å². The van der Waals surface area contributed by atoms with Crippen LogP contribution in [0.5, 0.6) is 0 Å². The molecule has 2 unspecified atom stereocenters. The number of unbranched alkanes of at least 4 members (excludes halogenated alkanes) is 2. The molecule has 1 aromatic carbocycles. The van der Waals surface area contributed by atoms with E-state index in [9.17, 15) is 0 Å². The van der Waals surface area contributed by atoms with Crippen LogP contribution in [0.2, 0.25) is 0 Å². The number of aromatic nitrogens is 3. The van der Waals surface area contributed by atoms with Gasteiger partial charge in [-0.25, -0.2) is 4.68 Å². The summed E-state index contributed by atoms with van der Waals surface area (Å²) in [4.78, 5) is 0. The second-order valence-corrected chi connectivity index (χ2v) is 7.97. The molecule has 0 aliphatic heterocycles. The monoisotopic (exact) mass is 369 g/mol. The standard InChI is InChI=1S/C24H39N3/c1-5-9-14-20(7-3)18-23-24(22-16-12-11-13-17-22)27(26-25-23)19-21(8-4)15-10-6-2/h11-13,16-17,20-21H,5-10,14-15,18-19H2,1-4H3. The van der Waals surface area contributed by atoms with Crippen LogP contribution >= 0.6 is 0 Å². The maximum Gasteiger partial charge on any atom is 0.0917 e. The highest BCUT2D eigenvalue weighted by molar-refractivity contribution is 5.61. The molecule has 1 aromatic heterocycles.